The van der Waals surface area contributed by atoms with Crippen LogP contribution < -0.4 is 5.32 Å². The second-order valence-electron chi connectivity index (χ2n) is 4.39. The lowest BCUT2D eigenvalue weighted by Crippen LogP contribution is -2.44. The number of carbonyl (C=O) groups is 2. The van der Waals surface area contributed by atoms with Crippen molar-refractivity contribution in [1.82, 2.24) is 5.32 Å². The Balaban J connectivity index is 2.75. The van der Waals surface area contributed by atoms with E-state index in [9.17, 15) is 9.59 Å². The van der Waals surface area contributed by atoms with Gasteiger partial charge < -0.3 is 10.4 Å². The molecule has 1 aromatic rings. The summed E-state index contributed by atoms with van der Waals surface area (Å²) >= 11 is 5.83. The number of halogens is 1. The van der Waals surface area contributed by atoms with E-state index in [0.29, 0.717) is 5.02 Å². The number of hydrogen-bond acceptors (Lipinski definition) is 2. The summed E-state index contributed by atoms with van der Waals surface area (Å²) in [5.41, 5.74) is 0.777. The number of carbonyl (C=O) groups excluding carboxylic acids is 1. The van der Waals surface area contributed by atoms with E-state index in [1.165, 1.54) is 0 Å². The van der Waals surface area contributed by atoms with E-state index in [2.05, 4.69) is 5.32 Å². The van der Waals surface area contributed by atoms with Crippen molar-refractivity contribution in [3.05, 3.63) is 34.9 Å². The number of rotatable bonds is 5. The average molecular weight is 270 g/mol. The molecule has 1 unspecified atom stereocenters. The first-order valence-electron chi connectivity index (χ1n) is 5.67. The van der Waals surface area contributed by atoms with Crippen LogP contribution in [0.25, 0.3) is 0 Å². The third kappa shape index (κ3) is 4.37. The van der Waals surface area contributed by atoms with Gasteiger partial charge in [-0.1, -0.05) is 37.6 Å². The molecule has 0 saturated heterocycles. The number of amides is 1. The summed E-state index contributed by atoms with van der Waals surface area (Å²) in [6.45, 7) is 3.43. The van der Waals surface area contributed by atoms with Gasteiger partial charge in [0.1, 0.15) is 6.04 Å². The molecule has 0 saturated carbocycles. The van der Waals surface area contributed by atoms with E-state index in [1.54, 1.807) is 38.1 Å². The maximum atomic E-state index is 11.5. The largest absolute Gasteiger partial charge is 0.480 e. The minimum Gasteiger partial charge on any atom is -0.480 e. The van der Waals surface area contributed by atoms with Crippen molar-refractivity contribution in [2.45, 2.75) is 26.3 Å². The van der Waals surface area contributed by atoms with Crippen LogP contribution in [0.15, 0.2) is 24.3 Å². The Hall–Kier alpha value is -1.55. The predicted molar refractivity (Wildman–Crippen MR) is 69.6 cm³/mol. The standard InChI is InChI=1S/C13H16ClNO3/c1-8(2)12(16)15-11(13(17)18)7-9-4-3-5-10(14)6-9/h3-6,8,11H,7H2,1-2H3,(H,15,16)(H,17,18). The van der Waals surface area contributed by atoms with Crippen molar-refractivity contribution in [2.75, 3.05) is 0 Å². The monoisotopic (exact) mass is 269 g/mol. The van der Waals surface area contributed by atoms with Gasteiger partial charge in [-0.05, 0) is 17.7 Å². The van der Waals surface area contributed by atoms with Gasteiger partial charge in [0.05, 0.1) is 0 Å². The number of benzene rings is 1. The highest BCUT2D eigenvalue weighted by molar-refractivity contribution is 6.30. The van der Waals surface area contributed by atoms with Gasteiger partial charge in [0.25, 0.3) is 0 Å². The van der Waals surface area contributed by atoms with Crippen LogP contribution in [0.5, 0.6) is 0 Å². The molecule has 1 rings (SSSR count). The molecule has 0 aliphatic heterocycles. The van der Waals surface area contributed by atoms with Crippen LogP contribution in [0.2, 0.25) is 5.02 Å². The average Bonchev–Trinajstić information content (AvgIpc) is 2.27. The van der Waals surface area contributed by atoms with Gasteiger partial charge in [0.2, 0.25) is 5.91 Å². The molecular weight excluding hydrogens is 254 g/mol. The summed E-state index contributed by atoms with van der Waals surface area (Å²) in [5, 5.41) is 12.1. The molecule has 0 aliphatic carbocycles. The maximum Gasteiger partial charge on any atom is 0.326 e. The molecule has 0 aromatic heterocycles. The minimum absolute atomic E-state index is 0.217. The van der Waals surface area contributed by atoms with E-state index in [-0.39, 0.29) is 18.2 Å². The lowest BCUT2D eigenvalue weighted by atomic mass is 10.1. The first kappa shape index (κ1) is 14.5. The molecule has 98 valence electrons. The summed E-state index contributed by atoms with van der Waals surface area (Å²) in [6.07, 6.45) is 0.217. The molecule has 1 amide bonds. The van der Waals surface area contributed by atoms with Crippen LogP contribution in [0, 0.1) is 5.92 Å². The number of hydrogen-bond donors (Lipinski definition) is 2. The molecule has 5 heteroatoms. The molecule has 4 nitrogen and oxygen atoms in total. The number of nitrogens with one attached hydrogen (secondary N) is 1. The van der Waals surface area contributed by atoms with Crippen molar-refractivity contribution in [3.8, 4) is 0 Å². The first-order valence-corrected chi connectivity index (χ1v) is 6.05. The van der Waals surface area contributed by atoms with Gasteiger partial charge in [0, 0.05) is 17.4 Å². The molecule has 0 bridgehead atoms. The highest BCUT2D eigenvalue weighted by atomic mass is 35.5. The van der Waals surface area contributed by atoms with Crippen LogP contribution in [0.1, 0.15) is 19.4 Å². The van der Waals surface area contributed by atoms with Crippen molar-refractivity contribution < 1.29 is 14.7 Å². The Morgan fingerprint density at radius 2 is 2.06 bits per heavy atom. The Morgan fingerprint density at radius 3 is 2.56 bits per heavy atom. The molecule has 0 radical (unpaired) electrons. The summed E-state index contributed by atoms with van der Waals surface area (Å²) in [7, 11) is 0. The quantitative estimate of drug-likeness (QED) is 0.860. The van der Waals surface area contributed by atoms with Crippen molar-refractivity contribution in [2.24, 2.45) is 5.92 Å². The Kier molecular flexibility index (Phi) is 5.16. The molecule has 1 atom stereocenters. The highest BCUT2D eigenvalue weighted by Crippen LogP contribution is 2.12. The van der Waals surface area contributed by atoms with Crippen LogP contribution >= 0.6 is 11.6 Å². The van der Waals surface area contributed by atoms with E-state index < -0.39 is 12.0 Å². The molecule has 2 N–H and O–H groups in total. The first-order chi connectivity index (χ1) is 8.40. The van der Waals surface area contributed by atoms with Crippen LogP contribution in [0.3, 0.4) is 0 Å². The number of carboxylic acid groups (broad SMARTS) is 1. The lowest BCUT2D eigenvalue weighted by molar-refractivity contribution is -0.142. The molecule has 0 aliphatic rings. The van der Waals surface area contributed by atoms with E-state index in [1.807, 2.05) is 0 Å². The lowest BCUT2D eigenvalue weighted by Gasteiger charge is -2.16. The summed E-state index contributed by atoms with van der Waals surface area (Å²) in [4.78, 5) is 22.6. The highest BCUT2D eigenvalue weighted by Gasteiger charge is 2.21. The fourth-order valence-corrected chi connectivity index (χ4v) is 1.65. The zero-order valence-corrected chi connectivity index (χ0v) is 11.1. The Labute approximate surface area is 111 Å². The van der Waals surface area contributed by atoms with Gasteiger partial charge in [-0.15, -0.1) is 0 Å². The van der Waals surface area contributed by atoms with Crippen LogP contribution in [-0.4, -0.2) is 23.0 Å². The molecule has 0 fully saturated rings. The van der Waals surface area contributed by atoms with Crippen molar-refractivity contribution in [3.63, 3.8) is 0 Å². The topological polar surface area (TPSA) is 66.4 Å². The van der Waals surface area contributed by atoms with E-state index >= 15 is 0 Å². The SMILES string of the molecule is CC(C)C(=O)NC(Cc1cccc(Cl)c1)C(=O)O. The molecule has 18 heavy (non-hydrogen) atoms. The third-order valence-electron chi connectivity index (χ3n) is 2.47. The fourth-order valence-electron chi connectivity index (χ4n) is 1.44. The Morgan fingerprint density at radius 1 is 1.39 bits per heavy atom. The maximum absolute atomic E-state index is 11.5. The predicted octanol–water partition coefficient (Wildman–Crippen LogP) is 2.11. The molecular formula is C13H16ClNO3. The zero-order valence-electron chi connectivity index (χ0n) is 10.3. The smallest absolute Gasteiger partial charge is 0.326 e. The van der Waals surface area contributed by atoms with Gasteiger partial charge in [-0.2, -0.15) is 0 Å². The summed E-state index contributed by atoms with van der Waals surface area (Å²) in [6, 6.07) is 6.01. The second kappa shape index (κ2) is 6.40. The molecule has 1 aromatic carbocycles. The van der Waals surface area contributed by atoms with Gasteiger partial charge in [-0.3, -0.25) is 4.79 Å². The van der Waals surface area contributed by atoms with Gasteiger partial charge >= 0.3 is 5.97 Å². The minimum atomic E-state index is -1.05. The number of carboxylic acids is 1. The van der Waals surface area contributed by atoms with Crippen LogP contribution in [-0.2, 0) is 16.0 Å². The summed E-state index contributed by atoms with van der Waals surface area (Å²) in [5.74, 6) is -1.57. The summed E-state index contributed by atoms with van der Waals surface area (Å²) < 4.78 is 0. The van der Waals surface area contributed by atoms with Gasteiger partial charge in [-0.25, -0.2) is 4.79 Å². The second-order valence-corrected chi connectivity index (χ2v) is 4.82. The Bertz CT molecular complexity index is 446. The third-order valence-corrected chi connectivity index (χ3v) is 2.70. The zero-order chi connectivity index (χ0) is 13.7. The normalized spacial score (nSPS) is 12.2. The van der Waals surface area contributed by atoms with Crippen molar-refractivity contribution in [1.29, 1.82) is 0 Å². The van der Waals surface area contributed by atoms with Gasteiger partial charge in [0.15, 0.2) is 0 Å². The van der Waals surface area contributed by atoms with Crippen molar-refractivity contribution >= 4 is 23.5 Å². The molecule has 0 spiro atoms. The molecule has 0 heterocycles. The van der Waals surface area contributed by atoms with E-state index in [4.69, 9.17) is 16.7 Å². The van der Waals surface area contributed by atoms with Crippen LogP contribution in [0.4, 0.5) is 0 Å². The fraction of sp³-hybridized carbons (Fsp3) is 0.385. The number of aliphatic carboxylic acids is 1. The van der Waals surface area contributed by atoms with E-state index in [0.717, 1.165) is 5.56 Å².